The van der Waals surface area contributed by atoms with Gasteiger partial charge < -0.3 is 27.9 Å². The van der Waals surface area contributed by atoms with Crippen LogP contribution in [0.25, 0.3) is 0 Å². The van der Waals surface area contributed by atoms with Crippen LogP contribution >= 0.6 is 7.82 Å². The van der Waals surface area contributed by atoms with Gasteiger partial charge in [0.2, 0.25) is 0 Å². The number of carbonyl (C=O) groups is 2. The SMILES string of the molecule is CC/C=C\C/C=C\C/C=C\C/C=C\CCCCCCCCCCCCCCCCC(=O)OC(COC(=O)CCCCCCCCC/C=C\C/C=C\CCCCC)COP(=O)([O-])OCC[N+](C)(C)C. The lowest BCUT2D eigenvalue weighted by Gasteiger charge is -2.28. The Morgan fingerprint density at radius 1 is 0.471 bits per heavy atom. The second-order valence-corrected chi connectivity index (χ2v) is 21.0. The molecule has 9 nitrogen and oxygen atoms in total. The average molecular weight is 974 g/mol. The first-order valence-electron chi connectivity index (χ1n) is 27.6. The zero-order valence-electron chi connectivity index (χ0n) is 44.5. The Morgan fingerprint density at radius 2 is 0.838 bits per heavy atom. The monoisotopic (exact) mass is 974 g/mol. The van der Waals surface area contributed by atoms with E-state index in [2.05, 4.69) is 86.8 Å². The third-order valence-electron chi connectivity index (χ3n) is 11.7. The van der Waals surface area contributed by atoms with E-state index >= 15 is 0 Å². The number of unbranched alkanes of at least 4 members (excludes halogenated alkanes) is 24. The minimum Gasteiger partial charge on any atom is -0.756 e. The summed E-state index contributed by atoms with van der Waals surface area (Å²) in [7, 11) is 1.16. The van der Waals surface area contributed by atoms with Crippen LogP contribution in [0.5, 0.6) is 0 Å². The molecule has 0 rings (SSSR count). The lowest BCUT2D eigenvalue weighted by molar-refractivity contribution is -0.870. The minimum absolute atomic E-state index is 0.0343. The number of rotatable bonds is 50. The first kappa shape index (κ1) is 65.5. The number of quaternary nitrogens is 1. The molecular weight excluding hydrogens is 870 g/mol. The van der Waals surface area contributed by atoms with E-state index in [4.69, 9.17) is 18.5 Å². The van der Waals surface area contributed by atoms with Crippen LogP contribution < -0.4 is 4.89 Å². The van der Waals surface area contributed by atoms with Gasteiger partial charge in [-0.2, -0.15) is 0 Å². The fraction of sp³-hybridized carbons (Fsp3) is 0.759. The molecule has 0 amide bonds. The molecule has 2 unspecified atom stereocenters. The van der Waals surface area contributed by atoms with E-state index in [0.29, 0.717) is 17.4 Å². The smallest absolute Gasteiger partial charge is 0.306 e. The highest BCUT2D eigenvalue weighted by Gasteiger charge is 2.21. The van der Waals surface area contributed by atoms with Crippen LogP contribution in [0.2, 0.25) is 0 Å². The van der Waals surface area contributed by atoms with Crippen molar-refractivity contribution < 1.29 is 42.1 Å². The molecule has 0 bridgehead atoms. The van der Waals surface area contributed by atoms with E-state index in [1.165, 1.54) is 116 Å². The number of nitrogens with zero attached hydrogens (tertiary/aromatic N) is 1. The second kappa shape index (κ2) is 49.4. The van der Waals surface area contributed by atoms with Crippen molar-refractivity contribution in [2.24, 2.45) is 0 Å². The summed E-state index contributed by atoms with van der Waals surface area (Å²) in [6.45, 7) is 4.10. The average Bonchev–Trinajstić information content (AvgIpc) is 3.30. The molecule has 0 radical (unpaired) electrons. The predicted molar refractivity (Wildman–Crippen MR) is 286 cm³/mol. The third-order valence-corrected chi connectivity index (χ3v) is 12.7. The Bertz CT molecular complexity index is 1380. The maximum atomic E-state index is 12.8. The van der Waals surface area contributed by atoms with Crippen molar-refractivity contribution in [1.29, 1.82) is 0 Å². The molecule has 0 fully saturated rings. The largest absolute Gasteiger partial charge is 0.756 e. The molecule has 0 aromatic carbocycles. The molecule has 2 atom stereocenters. The van der Waals surface area contributed by atoms with Gasteiger partial charge >= 0.3 is 11.9 Å². The van der Waals surface area contributed by atoms with Crippen molar-refractivity contribution in [3.8, 4) is 0 Å². The summed E-state index contributed by atoms with van der Waals surface area (Å²) in [5, 5.41) is 0. The van der Waals surface area contributed by atoms with E-state index < -0.39 is 32.5 Å². The summed E-state index contributed by atoms with van der Waals surface area (Å²) < 4.78 is 34.1. The molecule has 68 heavy (non-hydrogen) atoms. The summed E-state index contributed by atoms with van der Waals surface area (Å²) in [5.74, 6) is -0.841. The Kier molecular flexibility index (Phi) is 47.6. The number of phosphoric acid groups is 1. The number of phosphoric ester groups is 1. The Labute approximate surface area is 418 Å². The molecular formula is C58H104NO8P. The molecule has 0 saturated carbocycles. The summed E-state index contributed by atoms with van der Waals surface area (Å²) in [4.78, 5) is 37.8. The summed E-state index contributed by atoms with van der Waals surface area (Å²) in [5.41, 5.74) is 0. The number of allylic oxidation sites excluding steroid dienone is 12. The lowest BCUT2D eigenvalue weighted by Crippen LogP contribution is -2.37. The van der Waals surface area contributed by atoms with Gasteiger partial charge in [0.05, 0.1) is 27.7 Å². The molecule has 0 aromatic rings. The first-order chi connectivity index (χ1) is 33.0. The standard InChI is InChI=1S/C58H104NO8P/c1-6-8-10-12-14-16-18-20-22-24-25-26-27-28-29-30-31-32-33-35-37-39-41-43-45-47-49-51-58(61)67-56(55-66-68(62,63)65-53-52-59(3,4)5)54-64-57(60)50-48-46-44-42-40-38-36-34-23-21-19-17-15-13-11-9-7-2/h8,10,14-17,20-23,25-26,56H,6-7,9,11-13,18-19,24,27-55H2,1-5H3/b10-8-,16-14-,17-15-,22-20-,23-21-,26-25-. The van der Waals surface area contributed by atoms with Crippen LogP contribution in [0.1, 0.15) is 232 Å². The van der Waals surface area contributed by atoms with Crippen molar-refractivity contribution in [2.75, 3.05) is 47.5 Å². The normalized spacial score (nSPS) is 13.9. The summed E-state index contributed by atoms with van der Waals surface area (Å²) in [6, 6.07) is 0. The molecule has 0 aromatic heterocycles. The van der Waals surface area contributed by atoms with Gasteiger partial charge in [-0.05, 0) is 83.5 Å². The Balaban J connectivity index is 4.17. The van der Waals surface area contributed by atoms with E-state index in [1.807, 2.05) is 21.1 Å². The van der Waals surface area contributed by atoms with Crippen molar-refractivity contribution in [1.82, 2.24) is 0 Å². The van der Waals surface area contributed by atoms with E-state index in [9.17, 15) is 19.0 Å². The van der Waals surface area contributed by atoms with Crippen molar-refractivity contribution in [3.63, 3.8) is 0 Å². The van der Waals surface area contributed by atoms with Gasteiger partial charge in [0.25, 0.3) is 7.82 Å². The topological polar surface area (TPSA) is 111 Å². The van der Waals surface area contributed by atoms with Gasteiger partial charge in [-0.3, -0.25) is 14.2 Å². The van der Waals surface area contributed by atoms with Crippen LogP contribution in [-0.2, 0) is 32.7 Å². The van der Waals surface area contributed by atoms with E-state index in [-0.39, 0.29) is 26.1 Å². The molecule has 0 aliphatic rings. The van der Waals surface area contributed by atoms with Crippen LogP contribution in [0, 0.1) is 0 Å². The molecule has 10 heteroatoms. The molecule has 0 heterocycles. The summed E-state index contributed by atoms with van der Waals surface area (Å²) in [6.07, 6.45) is 63.6. The Morgan fingerprint density at radius 3 is 1.25 bits per heavy atom. The predicted octanol–water partition coefficient (Wildman–Crippen LogP) is 16.3. The fourth-order valence-electron chi connectivity index (χ4n) is 7.44. The van der Waals surface area contributed by atoms with Gasteiger partial charge in [0.15, 0.2) is 6.10 Å². The van der Waals surface area contributed by atoms with Gasteiger partial charge in [0.1, 0.15) is 19.8 Å². The molecule has 0 aliphatic heterocycles. The maximum Gasteiger partial charge on any atom is 0.306 e. The van der Waals surface area contributed by atoms with E-state index in [0.717, 1.165) is 83.5 Å². The number of hydrogen-bond donors (Lipinski definition) is 0. The third kappa shape index (κ3) is 52.8. The quantitative estimate of drug-likeness (QED) is 0.0195. The molecule has 0 spiro atoms. The van der Waals surface area contributed by atoms with Gasteiger partial charge in [0, 0.05) is 12.8 Å². The zero-order chi connectivity index (χ0) is 49.9. The van der Waals surface area contributed by atoms with E-state index in [1.54, 1.807) is 0 Å². The summed E-state index contributed by atoms with van der Waals surface area (Å²) >= 11 is 0. The number of likely N-dealkylation sites (N-methyl/N-ethyl adjacent to an activating group) is 1. The van der Waals surface area contributed by atoms with Crippen LogP contribution in [-0.4, -0.2) is 70.0 Å². The molecule has 0 saturated heterocycles. The zero-order valence-corrected chi connectivity index (χ0v) is 45.4. The van der Waals surface area contributed by atoms with Gasteiger partial charge in [-0.25, -0.2) is 0 Å². The second-order valence-electron chi connectivity index (χ2n) is 19.6. The minimum atomic E-state index is -4.64. The van der Waals surface area contributed by atoms with Crippen LogP contribution in [0.15, 0.2) is 72.9 Å². The highest BCUT2D eigenvalue weighted by molar-refractivity contribution is 7.45. The van der Waals surface area contributed by atoms with Crippen molar-refractivity contribution >= 4 is 19.8 Å². The maximum absolute atomic E-state index is 12.8. The van der Waals surface area contributed by atoms with Crippen LogP contribution in [0.3, 0.4) is 0 Å². The molecule has 0 aliphatic carbocycles. The van der Waals surface area contributed by atoms with Crippen LogP contribution in [0.4, 0.5) is 0 Å². The molecule has 0 N–H and O–H groups in total. The molecule has 394 valence electrons. The Hall–Kier alpha value is -2.55. The van der Waals surface area contributed by atoms with Gasteiger partial charge in [-0.15, -0.1) is 0 Å². The highest BCUT2D eigenvalue weighted by atomic mass is 31.2. The number of hydrogen-bond acceptors (Lipinski definition) is 8. The van der Waals surface area contributed by atoms with Gasteiger partial charge in [-0.1, -0.05) is 209 Å². The number of carbonyl (C=O) groups excluding carboxylic acids is 2. The highest BCUT2D eigenvalue weighted by Crippen LogP contribution is 2.38. The van der Waals surface area contributed by atoms with Crippen molar-refractivity contribution in [3.05, 3.63) is 72.9 Å². The van der Waals surface area contributed by atoms with Crippen molar-refractivity contribution in [2.45, 2.75) is 238 Å². The fourth-order valence-corrected chi connectivity index (χ4v) is 8.17. The number of ether oxygens (including phenoxy) is 2. The lowest BCUT2D eigenvalue weighted by atomic mass is 10.0. The first-order valence-corrected chi connectivity index (χ1v) is 29.1. The number of esters is 2.